The Morgan fingerprint density at radius 2 is 1.76 bits per heavy atom. The quantitative estimate of drug-likeness (QED) is 0.254. The third kappa shape index (κ3) is 5.87. The molecule has 2 heterocycles. The highest BCUT2D eigenvalue weighted by molar-refractivity contribution is 5.96. The molecule has 2 aliphatic carbocycles. The summed E-state index contributed by atoms with van der Waals surface area (Å²) >= 11 is 0. The Bertz CT molecular complexity index is 1280. The van der Waals surface area contributed by atoms with Gasteiger partial charge >= 0.3 is 6.09 Å². The Morgan fingerprint density at radius 1 is 1.05 bits per heavy atom. The van der Waals surface area contributed by atoms with Gasteiger partial charge in [-0.3, -0.25) is 4.79 Å². The number of ether oxygens (including phenoxy) is 1. The smallest absolute Gasteiger partial charge is 0.408 e. The zero-order valence-electron chi connectivity index (χ0n) is 20.5. The molecule has 0 spiro atoms. The summed E-state index contributed by atoms with van der Waals surface area (Å²) < 4.78 is 21.0. The van der Waals surface area contributed by atoms with Crippen LogP contribution in [0.3, 0.4) is 0 Å². The van der Waals surface area contributed by atoms with E-state index < -0.39 is 24.0 Å². The number of halogens is 1. The minimum absolute atomic E-state index is 0.00661. The fourth-order valence-electron chi connectivity index (χ4n) is 4.88. The van der Waals surface area contributed by atoms with E-state index in [0.29, 0.717) is 27.8 Å². The number of anilines is 1. The molecule has 2 aromatic heterocycles. The molecule has 8 nitrogen and oxygen atoms in total. The fourth-order valence-corrected chi connectivity index (χ4v) is 4.88. The summed E-state index contributed by atoms with van der Waals surface area (Å²) in [7, 11) is 0. The third-order valence-electron chi connectivity index (χ3n) is 7.08. The molecule has 1 aromatic carbocycles. The molecule has 37 heavy (non-hydrogen) atoms. The van der Waals surface area contributed by atoms with E-state index in [4.69, 9.17) is 4.74 Å². The van der Waals surface area contributed by atoms with Crippen molar-refractivity contribution in [1.29, 1.82) is 0 Å². The summed E-state index contributed by atoms with van der Waals surface area (Å²) in [6, 6.07) is 14.6. The molecule has 2 saturated carbocycles. The molecule has 0 radical (unpaired) electrons. The first-order valence-electron chi connectivity index (χ1n) is 12.5. The highest BCUT2D eigenvalue weighted by Gasteiger charge is 2.48. The van der Waals surface area contributed by atoms with Crippen molar-refractivity contribution in [2.75, 3.05) is 5.32 Å². The number of nitrogens with zero attached hydrogens (tertiary/aromatic N) is 2. The number of pyridine rings is 2. The molecule has 2 amide bonds. The summed E-state index contributed by atoms with van der Waals surface area (Å²) in [6.07, 6.45) is 4.74. The number of benzene rings is 1. The van der Waals surface area contributed by atoms with E-state index in [9.17, 15) is 19.2 Å². The molecule has 2 fully saturated rings. The number of hydrogen-bond donors (Lipinski definition) is 2. The minimum atomic E-state index is -0.816. The number of carbonyl (C=O) groups is 2. The van der Waals surface area contributed by atoms with Crippen LogP contribution in [-0.4, -0.2) is 23.0 Å². The molecule has 5 rings (SSSR count). The van der Waals surface area contributed by atoms with E-state index in [1.54, 1.807) is 13.0 Å². The minimum Gasteiger partial charge on any atom is -0.618 e. The average molecular weight is 505 g/mol. The summed E-state index contributed by atoms with van der Waals surface area (Å²) in [4.78, 5) is 30.0. The van der Waals surface area contributed by atoms with E-state index in [2.05, 4.69) is 15.6 Å². The molecule has 2 N–H and O–H groups in total. The van der Waals surface area contributed by atoms with Gasteiger partial charge in [-0.15, -0.1) is 0 Å². The van der Waals surface area contributed by atoms with Crippen LogP contribution in [0.25, 0.3) is 11.1 Å². The van der Waals surface area contributed by atoms with Crippen molar-refractivity contribution >= 4 is 17.8 Å². The van der Waals surface area contributed by atoms with Gasteiger partial charge < -0.3 is 20.6 Å². The van der Waals surface area contributed by atoms with Gasteiger partial charge in [0.2, 0.25) is 11.9 Å². The molecule has 9 heteroatoms. The average Bonchev–Trinajstić information content (AvgIpc) is 3.81. The first-order chi connectivity index (χ1) is 17.9. The molecule has 0 saturated heterocycles. The van der Waals surface area contributed by atoms with Gasteiger partial charge in [0.15, 0.2) is 11.9 Å². The van der Waals surface area contributed by atoms with Crippen molar-refractivity contribution in [3.05, 3.63) is 83.2 Å². The second-order valence-corrected chi connectivity index (χ2v) is 9.79. The van der Waals surface area contributed by atoms with Crippen molar-refractivity contribution in [1.82, 2.24) is 10.3 Å². The SMILES string of the molecule is Cc1c(-c2ccc(NC(=O)[C@@H](NC(=O)OCc3ccccc3)C(C3CC3)C3CC3)nc2F)ccc[n+]1[O-]. The number of hydrogen-bond acceptors (Lipinski definition) is 5. The van der Waals surface area contributed by atoms with Gasteiger partial charge in [-0.2, -0.15) is 9.12 Å². The lowest BCUT2D eigenvalue weighted by Crippen LogP contribution is -2.50. The van der Waals surface area contributed by atoms with Crippen LogP contribution in [0.2, 0.25) is 0 Å². The Hall–Kier alpha value is -4.01. The third-order valence-corrected chi connectivity index (χ3v) is 7.08. The number of alkyl carbamates (subject to hydrolysis) is 1. The monoisotopic (exact) mass is 504 g/mol. The first-order valence-corrected chi connectivity index (χ1v) is 12.5. The molecule has 192 valence electrons. The molecule has 2 aliphatic rings. The highest BCUT2D eigenvalue weighted by Crippen LogP contribution is 2.50. The normalized spacial score (nSPS) is 15.8. The van der Waals surface area contributed by atoms with E-state index in [1.807, 2.05) is 30.3 Å². The van der Waals surface area contributed by atoms with Crippen LogP contribution in [0.4, 0.5) is 15.0 Å². The maximum Gasteiger partial charge on any atom is 0.408 e. The van der Waals surface area contributed by atoms with Crippen LogP contribution in [0.5, 0.6) is 0 Å². The van der Waals surface area contributed by atoms with Gasteiger partial charge in [0.25, 0.3) is 0 Å². The lowest BCUT2D eigenvalue weighted by Gasteiger charge is -2.27. The highest BCUT2D eigenvalue weighted by atomic mass is 19.1. The predicted molar refractivity (Wildman–Crippen MR) is 134 cm³/mol. The lowest BCUT2D eigenvalue weighted by atomic mass is 9.89. The van der Waals surface area contributed by atoms with Crippen LogP contribution in [-0.2, 0) is 16.1 Å². The fraction of sp³-hybridized carbons (Fsp3) is 0.357. The molecule has 0 bridgehead atoms. The van der Waals surface area contributed by atoms with Gasteiger partial charge in [-0.25, -0.2) is 9.78 Å². The predicted octanol–water partition coefficient (Wildman–Crippen LogP) is 4.50. The van der Waals surface area contributed by atoms with E-state index in [1.165, 1.54) is 24.4 Å². The van der Waals surface area contributed by atoms with Crippen molar-refractivity contribution in [2.45, 2.75) is 45.3 Å². The Morgan fingerprint density at radius 3 is 2.41 bits per heavy atom. The number of rotatable bonds is 9. The van der Waals surface area contributed by atoms with Gasteiger partial charge in [0.05, 0.1) is 5.56 Å². The number of amides is 2. The zero-order valence-corrected chi connectivity index (χ0v) is 20.5. The second-order valence-electron chi connectivity index (χ2n) is 9.79. The zero-order chi connectivity index (χ0) is 25.9. The van der Waals surface area contributed by atoms with Crippen LogP contribution in [0, 0.1) is 35.8 Å². The number of carbonyl (C=O) groups excluding carboxylic acids is 2. The summed E-state index contributed by atoms with van der Waals surface area (Å²) in [6.45, 7) is 1.69. The van der Waals surface area contributed by atoms with Gasteiger partial charge in [0.1, 0.15) is 18.5 Å². The van der Waals surface area contributed by atoms with Crippen LogP contribution in [0.1, 0.15) is 36.9 Å². The van der Waals surface area contributed by atoms with Crippen LogP contribution >= 0.6 is 0 Å². The number of nitrogens with one attached hydrogen (secondary N) is 2. The lowest BCUT2D eigenvalue weighted by molar-refractivity contribution is -0.611. The second kappa shape index (κ2) is 10.5. The largest absolute Gasteiger partial charge is 0.618 e. The maximum absolute atomic E-state index is 14.9. The van der Waals surface area contributed by atoms with Crippen molar-refractivity contribution < 1.29 is 23.4 Å². The molecule has 0 aliphatic heterocycles. The molecule has 3 aromatic rings. The molecule has 1 atom stereocenters. The van der Waals surface area contributed by atoms with Crippen LogP contribution in [0.15, 0.2) is 60.8 Å². The van der Waals surface area contributed by atoms with E-state index >= 15 is 0 Å². The van der Waals surface area contributed by atoms with Crippen molar-refractivity contribution in [2.24, 2.45) is 17.8 Å². The summed E-state index contributed by atoms with van der Waals surface area (Å²) in [5, 5.41) is 17.4. The Balaban J connectivity index is 1.31. The van der Waals surface area contributed by atoms with E-state index in [-0.39, 0.29) is 23.9 Å². The summed E-state index contributed by atoms with van der Waals surface area (Å²) in [5.74, 6) is -0.500. The van der Waals surface area contributed by atoms with Gasteiger partial charge in [-0.05, 0) is 67.2 Å². The van der Waals surface area contributed by atoms with Crippen molar-refractivity contribution in [3.63, 3.8) is 0 Å². The molecular weight excluding hydrogens is 475 g/mol. The molecule has 0 unspecified atom stereocenters. The van der Waals surface area contributed by atoms with Crippen molar-refractivity contribution in [3.8, 4) is 11.1 Å². The van der Waals surface area contributed by atoms with Gasteiger partial charge in [0, 0.05) is 18.6 Å². The summed E-state index contributed by atoms with van der Waals surface area (Å²) in [5.41, 5.74) is 1.77. The number of aromatic nitrogens is 2. The Labute approximate surface area is 214 Å². The maximum atomic E-state index is 14.9. The standard InChI is InChI=1S/C28H29FN4O4/c1-17-21(8-5-15-33(17)36)22-13-14-23(30-26(22)29)31-27(34)25(24(19-9-10-19)20-11-12-20)32-28(35)37-16-18-6-3-2-4-7-18/h2-8,13-15,19-20,24-25H,9-12,16H2,1H3,(H,32,35)(H,30,31,34)/t25-/m0/s1. The topological polar surface area (TPSA) is 107 Å². The Kier molecular flexibility index (Phi) is 7.03. The molecular formula is C28H29FN4O4. The van der Waals surface area contributed by atoms with Gasteiger partial charge in [-0.1, -0.05) is 30.3 Å². The first kappa shape index (κ1) is 24.7. The van der Waals surface area contributed by atoms with Crippen LogP contribution < -0.4 is 15.4 Å². The van der Waals surface area contributed by atoms with E-state index in [0.717, 1.165) is 31.2 Å².